The molecule has 0 saturated carbocycles. The highest BCUT2D eigenvalue weighted by Crippen LogP contribution is 2.24. The third-order valence-electron chi connectivity index (χ3n) is 6.56. The van der Waals surface area contributed by atoms with E-state index in [1.165, 1.54) is 4.90 Å². The number of carboxylic acid groups (broad SMARTS) is 1. The Morgan fingerprint density at radius 2 is 1.61 bits per heavy atom. The third-order valence-corrected chi connectivity index (χ3v) is 6.56. The van der Waals surface area contributed by atoms with E-state index in [1.54, 1.807) is 12.4 Å². The molecule has 1 saturated heterocycles. The van der Waals surface area contributed by atoms with Crippen molar-refractivity contribution in [3.8, 4) is 28.3 Å². The molecule has 3 aromatic rings. The van der Waals surface area contributed by atoms with Gasteiger partial charge in [-0.05, 0) is 48.4 Å². The number of hydrogen-bond acceptors (Lipinski definition) is 6. The zero-order valence-corrected chi connectivity index (χ0v) is 22.6. The number of benzene rings is 2. The van der Waals surface area contributed by atoms with Crippen LogP contribution in [0.4, 0.5) is 0 Å². The van der Waals surface area contributed by atoms with Gasteiger partial charge in [0.05, 0.1) is 18.6 Å². The smallest absolute Gasteiger partial charge is 0.310 e. The number of halogens is 1. The first-order valence-corrected chi connectivity index (χ1v) is 12.7. The number of rotatable bonds is 11. The molecule has 4 rings (SSSR count). The number of aliphatic carboxylic acids is 1. The molecule has 0 aliphatic carbocycles. The van der Waals surface area contributed by atoms with Gasteiger partial charge in [-0.1, -0.05) is 50.2 Å². The number of carbonyl (C=O) groups is 2. The lowest BCUT2D eigenvalue weighted by Gasteiger charge is -2.38. The van der Waals surface area contributed by atoms with Crippen molar-refractivity contribution in [3.63, 3.8) is 0 Å². The van der Waals surface area contributed by atoms with Gasteiger partial charge in [-0.2, -0.15) is 0 Å². The summed E-state index contributed by atoms with van der Waals surface area (Å²) in [6.07, 6.45) is 6.20. The Bertz CT molecular complexity index is 1190. The van der Waals surface area contributed by atoms with E-state index >= 15 is 0 Å². The molecule has 0 unspecified atom stereocenters. The summed E-state index contributed by atoms with van der Waals surface area (Å²) in [4.78, 5) is 33.9. The van der Waals surface area contributed by atoms with Gasteiger partial charge in [0.1, 0.15) is 5.75 Å². The fourth-order valence-electron chi connectivity index (χ4n) is 4.23. The average molecular weight is 539 g/mol. The zero-order valence-electron chi connectivity index (χ0n) is 21.7. The number of hydrogen-bond donors (Lipinski definition) is 2. The van der Waals surface area contributed by atoms with Crippen LogP contribution in [0.5, 0.6) is 5.75 Å². The number of nitrogens with two attached hydrogens (primary N) is 1. The summed E-state index contributed by atoms with van der Waals surface area (Å²) in [6, 6.07) is 14.9. The van der Waals surface area contributed by atoms with Crippen molar-refractivity contribution in [2.45, 2.75) is 39.2 Å². The lowest BCUT2D eigenvalue weighted by molar-refractivity contribution is -0.153. The third kappa shape index (κ3) is 7.52. The molecule has 2 heterocycles. The van der Waals surface area contributed by atoms with E-state index in [-0.39, 0.29) is 31.4 Å². The van der Waals surface area contributed by atoms with Crippen molar-refractivity contribution in [2.75, 3.05) is 19.7 Å². The van der Waals surface area contributed by atoms with E-state index in [2.05, 4.69) is 23.8 Å². The summed E-state index contributed by atoms with van der Waals surface area (Å²) < 4.78 is 5.82. The fraction of sp³-hybridized carbons (Fsp3) is 0.379. The Labute approximate surface area is 229 Å². The number of carbonyl (C=O) groups excluding carboxylic acids is 1. The molecule has 2 aromatic carbocycles. The molecule has 1 fully saturated rings. The van der Waals surface area contributed by atoms with Crippen LogP contribution in [0.2, 0.25) is 0 Å². The highest BCUT2D eigenvalue weighted by atomic mass is 35.5. The number of carboxylic acids is 1. The molecule has 38 heavy (non-hydrogen) atoms. The first-order chi connectivity index (χ1) is 17.8. The summed E-state index contributed by atoms with van der Waals surface area (Å²) in [7, 11) is 0. The summed E-state index contributed by atoms with van der Waals surface area (Å²) >= 11 is 0. The van der Waals surface area contributed by atoms with Gasteiger partial charge in [0.2, 0.25) is 5.91 Å². The second-order valence-corrected chi connectivity index (χ2v) is 9.99. The van der Waals surface area contributed by atoms with E-state index in [4.69, 9.17) is 15.6 Å². The van der Waals surface area contributed by atoms with Crippen LogP contribution in [-0.4, -0.2) is 57.6 Å². The Morgan fingerprint density at radius 1 is 1.00 bits per heavy atom. The molecule has 1 aliphatic heterocycles. The molecule has 1 aromatic heterocycles. The molecule has 9 heteroatoms. The molecule has 8 nitrogen and oxygen atoms in total. The normalized spacial score (nSPS) is 13.9. The quantitative estimate of drug-likeness (QED) is 0.346. The highest BCUT2D eigenvalue weighted by Gasteiger charge is 2.37. The molecular formula is C29H35ClN4O4. The van der Waals surface area contributed by atoms with E-state index in [1.807, 2.05) is 48.5 Å². The molecule has 0 bridgehead atoms. The molecule has 3 N–H and O–H groups in total. The topological polar surface area (TPSA) is 119 Å². The van der Waals surface area contributed by atoms with Gasteiger partial charge in [-0.3, -0.25) is 9.59 Å². The maximum atomic E-state index is 12.4. The number of likely N-dealkylation sites (tertiary alicyclic amines) is 1. The zero-order chi connectivity index (χ0) is 26.4. The number of amides is 1. The monoisotopic (exact) mass is 538 g/mol. The van der Waals surface area contributed by atoms with Crippen LogP contribution in [0.1, 0.15) is 32.3 Å². The highest BCUT2D eigenvalue weighted by molar-refractivity contribution is 5.85. The van der Waals surface area contributed by atoms with E-state index in [9.17, 15) is 9.59 Å². The Hall–Kier alpha value is -3.49. The van der Waals surface area contributed by atoms with Crippen LogP contribution in [0.15, 0.2) is 60.9 Å². The van der Waals surface area contributed by atoms with Gasteiger partial charge >= 0.3 is 5.97 Å². The summed E-state index contributed by atoms with van der Waals surface area (Å²) in [5.74, 6) is 0.583. The van der Waals surface area contributed by atoms with Gasteiger partial charge in [-0.15, -0.1) is 12.4 Å². The Balaban J connectivity index is 0.00000400. The van der Waals surface area contributed by atoms with Gasteiger partial charge in [0, 0.05) is 36.6 Å². The van der Waals surface area contributed by atoms with Crippen LogP contribution >= 0.6 is 12.4 Å². The lowest BCUT2D eigenvalue weighted by atomic mass is 9.97. The summed E-state index contributed by atoms with van der Waals surface area (Å²) in [6.45, 7) is 5.61. The van der Waals surface area contributed by atoms with Crippen LogP contribution in [0.3, 0.4) is 0 Å². The van der Waals surface area contributed by atoms with Crippen LogP contribution in [0.25, 0.3) is 22.5 Å². The van der Waals surface area contributed by atoms with E-state index in [0.29, 0.717) is 18.2 Å². The van der Waals surface area contributed by atoms with Gasteiger partial charge in [-0.25, -0.2) is 9.97 Å². The van der Waals surface area contributed by atoms with E-state index < -0.39 is 17.9 Å². The van der Waals surface area contributed by atoms with E-state index in [0.717, 1.165) is 47.5 Å². The number of nitrogens with zero attached hydrogens (tertiary/aromatic N) is 3. The van der Waals surface area contributed by atoms with Crippen molar-refractivity contribution >= 4 is 24.3 Å². The second kappa shape index (κ2) is 13.3. The maximum absolute atomic E-state index is 12.4. The molecule has 1 atom stereocenters. The first kappa shape index (κ1) is 29.1. The fourth-order valence-corrected chi connectivity index (χ4v) is 4.23. The Kier molecular flexibility index (Phi) is 10.2. The standard InChI is InChI=1S/C29H34N4O4.ClH/c1-19(2)4-3-13-37-25-11-9-21(10-12-25)23-15-31-27(32-16-23)22-7-5-20(6-8-22)14-26(30)28(34)33-17-24(18-33)29(35)36;/h5-12,15-16,19,24,26H,3-4,13-14,17-18,30H2,1-2H3,(H,35,36);1H/t26-;/m0./s1. The van der Waals surface area contributed by atoms with Gasteiger partial charge < -0.3 is 20.5 Å². The van der Waals surface area contributed by atoms with Gasteiger partial charge in [0.25, 0.3) is 0 Å². The minimum Gasteiger partial charge on any atom is -0.494 e. The van der Waals surface area contributed by atoms with Gasteiger partial charge in [0.15, 0.2) is 5.82 Å². The molecule has 0 spiro atoms. The van der Waals surface area contributed by atoms with Crippen LogP contribution < -0.4 is 10.5 Å². The average Bonchev–Trinajstić information content (AvgIpc) is 2.86. The maximum Gasteiger partial charge on any atom is 0.310 e. The first-order valence-electron chi connectivity index (χ1n) is 12.7. The molecule has 1 amide bonds. The predicted molar refractivity (Wildman–Crippen MR) is 149 cm³/mol. The van der Waals surface area contributed by atoms with Crippen molar-refractivity contribution < 1.29 is 19.4 Å². The predicted octanol–water partition coefficient (Wildman–Crippen LogP) is 4.46. The molecule has 202 valence electrons. The van der Waals surface area contributed by atoms with Crippen LogP contribution in [-0.2, 0) is 16.0 Å². The minimum atomic E-state index is -0.876. The SMILES string of the molecule is CC(C)CCCOc1ccc(-c2cnc(-c3ccc(C[C@H](N)C(=O)N4CC(C(=O)O)C4)cc3)nc2)cc1.Cl. The summed E-state index contributed by atoms with van der Waals surface area (Å²) in [5, 5.41) is 8.97. The minimum absolute atomic E-state index is 0. The number of ether oxygens (including phenoxy) is 1. The molecular weight excluding hydrogens is 504 g/mol. The van der Waals surface area contributed by atoms with Crippen molar-refractivity contribution in [1.29, 1.82) is 0 Å². The van der Waals surface area contributed by atoms with Crippen LogP contribution in [0, 0.1) is 11.8 Å². The van der Waals surface area contributed by atoms with Crippen molar-refractivity contribution in [1.82, 2.24) is 14.9 Å². The second-order valence-electron chi connectivity index (χ2n) is 9.99. The largest absolute Gasteiger partial charge is 0.494 e. The summed E-state index contributed by atoms with van der Waals surface area (Å²) in [5.41, 5.74) is 9.81. The molecule has 1 aliphatic rings. The van der Waals surface area contributed by atoms with Crippen molar-refractivity contribution in [3.05, 3.63) is 66.5 Å². The lowest BCUT2D eigenvalue weighted by Crippen LogP contribution is -2.57. The molecule has 0 radical (unpaired) electrons. The Morgan fingerprint density at radius 3 is 2.18 bits per heavy atom. The number of aromatic nitrogens is 2. The van der Waals surface area contributed by atoms with Crippen molar-refractivity contribution in [2.24, 2.45) is 17.6 Å².